The van der Waals surface area contributed by atoms with Crippen molar-refractivity contribution in [3.8, 4) is 0 Å². The Morgan fingerprint density at radius 1 is 1.18 bits per heavy atom. The van der Waals surface area contributed by atoms with Crippen molar-refractivity contribution in [3.63, 3.8) is 0 Å². The van der Waals surface area contributed by atoms with Crippen molar-refractivity contribution in [2.45, 2.75) is 46.2 Å². The third kappa shape index (κ3) is 2.56. The molecule has 0 unspecified atom stereocenters. The van der Waals surface area contributed by atoms with E-state index in [0.717, 1.165) is 0 Å². The minimum Gasteiger partial charge on any atom is -0.481 e. The number of aromatic nitrogens is 4. The minimum atomic E-state index is -0.863. The summed E-state index contributed by atoms with van der Waals surface area (Å²) in [6, 6.07) is 0. The Morgan fingerprint density at radius 2 is 1.82 bits per heavy atom. The molecule has 0 spiro atoms. The molecule has 1 N–H and O–H groups in total. The summed E-state index contributed by atoms with van der Waals surface area (Å²) in [5.74, 6) is -0.249. The van der Waals surface area contributed by atoms with Gasteiger partial charge in [0.05, 0.1) is 0 Å². The van der Waals surface area contributed by atoms with E-state index < -0.39 is 5.97 Å². The van der Waals surface area contributed by atoms with Crippen LogP contribution in [-0.4, -0.2) is 29.8 Å². The molecule has 8 heteroatoms. The number of carboxylic acid groups (broad SMARTS) is 1. The number of hydrogen-bond acceptors (Lipinski definition) is 4. The van der Waals surface area contributed by atoms with Gasteiger partial charge in [-0.05, 0) is 20.3 Å². The third-order valence-electron chi connectivity index (χ3n) is 3.76. The van der Waals surface area contributed by atoms with Gasteiger partial charge in [0.1, 0.15) is 5.82 Å². The van der Waals surface area contributed by atoms with Crippen LogP contribution in [0.25, 0.3) is 11.2 Å². The second-order valence-electron chi connectivity index (χ2n) is 5.08. The second kappa shape index (κ2) is 6.17. The van der Waals surface area contributed by atoms with Gasteiger partial charge in [0.15, 0.2) is 11.2 Å². The van der Waals surface area contributed by atoms with Crippen LogP contribution in [0.2, 0.25) is 0 Å². The van der Waals surface area contributed by atoms with Gasteiger partial charge in [0, 0.05) is 33.0 Å². The van der Waals surface area contributed by atoms with Crippen molar-refractivity contribution < 1.29 is 9.90 Å². The smallest absolute Gasteiger partial charge is 0.332 e. The van der Waals surface area contributed by atoms with Gasteiger partial charge in [0.2, 0.25) is 0 Å². The van der Waals surface area contributed by atoms with Crippen molar-refractivity contribution in [1.82, 2.24) is 18.7 Å². The first-order valence-corrected chi connectivity index (χ1v) is 7.33. The Balaban J connectivity index is 2.63. The van der Waals surface area contributed by atoms with Crippen molar-refractivity contribution in [2.75, 3.05) is 0 Å². The molecule has 2 aromatic rings. The number of hydrogen-bond donors (Lipinski definition) is 1. The molecule has 0 atom stereocenters. The Kier molecular flexibility index (Phi) is 4.48. The van der Waals surface area contributed by atoms with E-state index in [0.29, 0.717) is 42.9 Å². The molecule has 0 aliphatic heterocycles. The minimum absolute atomic E-state index is 0.0446. The fourth-order valence-electron chi connectivity index (χ4n) is 2.59. The lowest BCUT2D eigenvalue weighted by Gasteiger charge is -2.08. The first-order chi connectivity index (χ1) is 10.4. The van der Waals surface area contributed by atoms with Gasteiger partial charge < -0.3 is 9.67 Å². The van der Waals surface area contributed by atoms with E-state index in [4.69, 9.17) is 5.11 Å². The molecule has 0 bridgehead atoms. The summed E-state index contributed by atoms with van der Waals surface area (Å²) in [7, 11) is 1.72. The number of carbonyl (C=O) groups is 1. The molecular formula is C14H20N4O4. The zero-order chi connectivity index (χ0) is 16.4. The first-order valence-electron chi connectivity index (χ1n) is 7.33. The van der Waals surface area contributed by atoms with Crippen molar-refractivity contribution in [3.05, 3.63) is 26.7 Å². The fraction of sp³-hybridized carbons (Fsp3) is 0.571. The van der Waals surface area contributed by atoms with Gasteiger partial charge >= 0.3 is 11.7 Å². The second-order valence-corrected chi connectivity index (χ2v) is 5.08. The molecule has 2 rings (SSSR count). The van der Waals surface area contributed by atoms with Crippen LogP contribution in [0.3, 0.4) is 0 Å². The van der Waals surface area contributed by atoms with E-state index in [9.17, 15) is 14.4 Å². The maximum atomic E-state index is 12.5. The van der Waals surface area contributed by atoms with Gasteiger partial charge in [-0.1, -0.05) is 0 Å². The quantitative estimate of drug-likeness (QED) is 0.830. The number of rotatable bonds is 6. The predicted octanol–water partition coefficient (Wildman–Crippen LogP) is 0.344. The predicted molar refractivity (Wildman–Crippen MR) is 81.2 cm³/mol. The number of nitrogens with zero attached hydrogens (tertiary/aromatic N) is 4. The maximum Gasteiger partial charge on any atom is 0.332 e. The molecule has 0 aliphatic rings. The highest BCUT2D eigenvalue weighted by Crippen LogP contribution is 2.12. The van der Waals surface area contributed by atoms with E-state index >= 15 is 0 Å². The molecule has 0 amide bonds. The van der Waals surface area contributed by atoms with Crippen LogP contribution in [0, 0.1) is 0 Å². The summed E-state index contributed by atoms with van der Waals surface area (Å²) in [5.41, 5.74) is 0.0352. The number of aryl methyl sites for hydroxylation is 3. The summed E-state index contributed by atoms with van der Waals surface area (Å²) < 4.78 is 4.33. The SMILES string of the molecule is CCn1c(=O)c2c(nc(CCCC(=O)O)n2C)n(CC)c1=O. The van der Waals surface area contributed by atoms with E-state index in [1.54, 1.807) is 18.5 Å². The summed E-state index contributed by atoms with van der Waals surface area (Å²) in [6.07, 6.45) is 0.925. The van der Waals surface area contributed by atoms with Crippen LogP contribution in [0.4, 0.5) is 0 Å². The summed E-state index contributed by atoms with van der Waals surface area (Å²) >= 11 is 0. The molecule has 2 aromatic heterocycles. The van der Waals surface area contributed by atoms with Crippen molar-refractivity contribution in [1.29, 1.82) is 0 Å². The lowest BCUT2D eigenvalue weighted by Crippen LogP contribution is -2.39. The molecule has 2 heterocycles. The average Bonchev–Trinajstić information content (AvgIpc) is 2.77. The monoisotopic (exact) mass is 308 g/mol. The highest BCUT2D eigenvalue weighted by Gasteiger charge is 2.18. The molecular weight excluding hydrogens is 288 g/mol. The molecule has 0 aromatic carbocycles. The largest absolute Gasteiger partial charge is 0.481 e. The van der Waals surface area contributed by atoms with E-state index in [1.165, 1.54) is 9.13 Å². The van der Waals surface area contributed by atoms with E-state index in [2.05, 4.69) is 4.98 Å². The Morgan fingerprint density at radius 3 is 2.36 bits per heavy atom. The zero-order valence-corrected chi connectivity index (χ0v) is 13.0. The van der Waals surface area contributed by atoms with Crippen LogP contribution < -0.4 is 11.2 Å². The average molecular weight is 308 g/mol. The maximum absolute atomic E-state index is 12.5. The van der Waals surface area contributed by atoms with Gasteiger partial charge in [-0.25, -0.2) is 9.78 Å². The van der Waals surface area contributed by atoms with Crippen LogP contribution >= 0.6 is 0 Å². The molecule has 0 saturated heterocycles. The van der Waals surface area contributed by atoms with Crippen molar-refractivity contribution in [2.24, 2.45) is 7.05 Å². The first kappa shape index (κ1) is 16.0. The van der Waals surface area contributed by atoms with Crippen LogP contribution in [0.5, 0.6) is 0 Å². The fourth-order valence-corrected chi connectivity index (χ4v) is 2.59. The highest BCUT2D eigenvalue weighted by atomic mass is 16.4. The molecule has 0 fully saturated rings. The normalized spacial score (nSPS) is 11.2. The number of imidazole rings is 1. The Hall–Kier alpha value is -2.38. The number of aliphatic carboxylic acids is 1. The Labute approximate surface area is 126 Å². The summed E-state index contributed by atoms with van der Waals surface area (Å²) in [5, 5.41) is 8.71. The van der Waals surface area contributed by atoms with Gasteiger partial charge in [-0.2, -0.15) is 0 Å². The molecule has 0 aliphatic carbocycles. The zero-order valence-electron chi connectivity index (χ0n) is 13.0. The molecule has 120 valence electrons. The van der Waals surface area contributed by atoms with Crippen LogP contribution in [-0.2, 0) is 31.4 Å². The van der Waals surface area contributed by atoms with E-state index in [1.807, 2.05) is 6.92 Å². The lowest BCUT2D eigenvalue weighted by molar-refractivity contribution is -0.137. The summed E-state index contributed by atoms with van der Waals surface area (Å²) in [4.78, 5) is 39.7. The van der Waals surface area contributed by atoms with Gasteiger partial charge in [-0.15, -0.1) is 0 Å². The van der Waals surface area contributed by atoms with E-state index in [-0.39, 0.29) is 17.7 Å². The summed E-state index contributed by atoms with van der Waals surface area (Å²) in [6.45, 7) is 4.29. The van der Waals surface area contributed by atoms with Crippen molar-refractivity contribution >= 4 is 17.1 Å². The topological polar surface area (TPSA) is 99.1 Å². The van der Waals surface area contributed by atoms with Gasteiger partial charge in [0.25, 0.3) is 5.56 Å². The van der Waals surface area contributed by atoms with Crippen LogP contribution in [0.15, 0.2) is 9.59 Å². The highest BCUT2D eigenvalue weighted by molar-refractivity contribution is 5.71. The Bertz CT molecular complexity index is 828. The molecule has 0 saturated carbocycles. The van der Waals surface area contributed by atoms with Crippen LogP contribution in [0.1, 0.15) is 32.5 Å². The van der Waals surface area contributed by atoms with Gasteiger partial charge in [-0.3, -0.25) is 18.7 Å². The molecule has 0 radical (unpaired) electrons. The number of fused-ring (bicyclic) bond motifs is 1. The molecule has 22 heavy (non-hydrogen) atoms. The third-order valence-corrected chi connectivity index (χ3v) is 3.76. The standard InChI is InChI=1S/C14H20N4O4/c1-4-17-12-11(13(21)18(5-2)14(17)22)16(3)9(15-12)7-6-8-10(19)20/h4-8H2,1-3H3,(H,19,20). The molecule has 8 nitrogen and oxygen atoms in total. The lowest BCUT2D eigenvalue weighted by atomic mass is 10.2. The number of carboxylic acids is 1.